The third-order valence-corrected chi connectivity index (χ3v) is 4.89. The van der Waals surface area contributed by atoms with Crippen molar-refractivity contribution >= 4 is 21.8 Å². The van der Waals surface area contributed by atoms with Crippen molar-refractivity contribution in [2.45, 2.75) is 25.3 Å². The Morgan fingerprint density at radius 2 is 2.12 bits per heavy atom. The third kappa shape index (κ3) is 2.99. The Hall–Kier alpha value is -2.41. The molecule has 1 fully saturated rings. The summed E-state index contributed by atoms with van der Waals surface area (Å²) in [6, 6.07) is 9.79. The fourth-order valence-corrected chi connectivity index (χ4v) is 3.27. The summed E-state index contributed by atoms with van der Waals surface area (Å²) in [6.45, 7) is 0.455. The minimum atomic E-state index is -0.179. The summed E-state index contributed by atoms with van der Waals surface area (Å²) in [5.74, 6) is 0.337. The van der Waals surface area contributed by atoms with Gasteiger partial charge < -0.3 is 5.32 Å². The van der Waals surface area contributed by atoms with Gasteiger partial charge in [0, 0.05) is 24.9 Å². The summed E-state index contributed by atoms with van der Waals surface area (Å²) in [5, 5.41) is 14.2. The molecule has 122 valence electrons. The Labute approximate surface area is 147 Å². The molecule has 1 aliphatic carbocycles. The largest absolute Gasteiger partial charge is 0.347 e. The van der Waals surface area contributed by atoms with Crippen LogP contribution in [0, 0.1) is 0 Å². The van der Waals surface area contributed by atoms with Crippen LogP contribution in [0.5, 0.6) is 0 Å². The van der Waals surface area contributed by atoms with E-state index in [1.807, 2.05) is 36.5 Å². The Kier molecular flexibility index (Phi) is 3.93. The van der Waals surface area contributed by atoms with Gasteiger partial charge in [0.15, 0.2) is 5.69 Å². The molecule has 2 N–H and O–H groups in total. The summed E-state index contributed by atoms with van der Waals surface area (Å²) >= 11 is 3.49. The number of halogens is 1. The average molecular weight is 386 g/mol. The Morgan fingerprint density at radius 1 is 1.33 bits per heavy atom. The second kappa shape index (κ2) is 6.24. The van der Waals surface area contributed by atoms with E-state index in [9.17, 15) is 4.79 Å². The van der Waals surface area contributed by atoms with E-state index in [1.54, 1.807) is 10.9 Å². The Balaban J connectivity index is 1.40. The molecule has 3 aromatic rings. The second-order valence-electron chi connectivity index (χ2n) is 5.87. The van der Waals surface area contributed by atoms with Gasteiger partial charge in [0.05, 0.1) is 15.9 Å². The van der Waals surface area contributed by atoms with Gasteiger partial charge in [-0.2, -0.15) is 10.2 Å². The predicted molar refractivity (Wildman–Crippen MR) is 93.0 cm³/mol. The first-order chi connectivity index (χ1) is 11.7. The lowest BCUT2D eigenvalue weighted by Crippen LogP contribution is -2.23. The first kappa shape index (κ1) is 15.1. The number of nitrogens with zero attached hydrogens (tertiary/aromatic N) is 3. The lowest BCUT2D eigenvalue weighted by atomic mass is 10.2. The molecule has 0 atom stereocenters. The van der Waals surface area contributed by atoms with Crippen molar-refractivity contribution < 1.29 is 4.79 Å². The minimum Gasteiger partial charge on any atom is -0.347 e. The Bertz CT molecular complexity index is 850. The molecule has 0 bridgehead atoms. The standard InChI is InChI=1S/C17H16BrN5O/c18-14-15(12-4-5-12)21-22-16(14)17(24)19-10-11-2-6-13(7-3-11)23-9-1-8-20-23/h1-3,6-9,12H,4-5,10H2,(H,19,24)(H,21,22). The number of aromatic nitrogens is 4. The summed E-state index contributed by atoms with van der Waals surface area (Å²) in [5.41, 5.74) is 3.46. The van der Waals surface area contributed by atoms with Gasteiger partial charge in [-0.25, -0.2) is 4.68 Å². The maximum Gasteiger partial charge on any atom is 0.273 e. The van der Waals surface area contributed by atoms with Crippen LogP contribution in [0.1, 0.15) is 40.5 Å². The number of aromatic amines is 1. The molecule has 4 rings (SSSR count). The van der Waals surface area contributed by atoms with Gasteiger partial charge >= 0.3 is 0 Å². The minimum absolute atomic E-state index is 0.179. The van der Waals surface area contributed by atoms with Crippen molar-refractivity contribution in [3.8, 4) is 5.69 Å². The monoisotopic (exact) mass is 385 g/mol. The van der Waals surface area contributed by atoms with E-state index in [0.29, 0.717) is 18.2 Å². The smallest absolute Gasteiger partial charge is 0.273 e. The summed E-state index contributed by atoms with van der Waals surface area (Å²) < 4.78 is 2.58. The van der Waals surface area contributed by atoms with Crippen molar-refractivity contribution in [1.82, 2.24) is 25.3 Å². The van der Waals surface area contributed by atoms with Gasteiger partial charge in [0.2, 0.25) is 0 Å². The topological polar surface area (TPSA) is 75.6 Å². The maximum atomic E-state index is 12.3. The van der Waals surface area contributed by atoms with Crippen molar-refractivity contribution in [2.24, 2.45) is 0 Å². The molecule has 24 heavy (non-hydrogen) atoms. The molecule has 0 radical (unpaired) electrons. The quantitative estimate of drug-likeness (QED) is 0.707. The number of hydrogen-bond acceptors (Lipinski definition) is 3. The molecule has 1 aromatic carbocycles. The van der Waals surface area contributed by atoms with Gasteiger partial charge in [0.25, 0.3) is 5.91 Å². The molecule has 0 spiro atoms. The first-order valence-corrected chi connectivity index (χ1v) is 8.62. The van der Waals surface area contributed by atoms with E-state index in [2.05, 4.69) is 36.5 Å². The molecule has 0 saturated heterocycles. The molecule has 1 amide bonds. The van der Waals surface area contributed by atoms with Crippen LogP contribution in [0.15, 0.2) is 47.2 Å². The fourth-order valence-electron chi connectivity index (χ4n) is 2.59. The number of hydrogen-bond donors (Lipinski definition) is 2. The number of H-pyrrole nitrogens is 1. The number of rotatable bonds is 5. The zero-order valence-corrected chi connectivity index (χ0v) is 14.5. The average Bonchev–Trinajstić information content (AvgIpc) is 3.15. The van der Waals surface area contributed by atoms with Gasteiger partial charge in [-0.1, -0.05) is 12.1 Å². The van der Waals surface area contributed by atoms with E-state index in [4.69, 9.17) is 0 Å². The number of amides is 1. The normalized spacial score (nSPS) is 13.9. The van der Waals surface area contributed by atoms with Crippen LogP contribution in [0.3, 0.4) is 0 Å². The predicted octanol–water partition coefficient (Wildman–Crippen LogP) is 3.17. The van der Waals surface area contributed by atoms with Crippen molar-refractivity contribution in [2.75, 3.05) is 0 Å². The SMILES string of the molecule is O=C(NCc1ccc(-n2cccn2)cc1)c1n[nH]c(C2CC2)c1Br. The summed E-state index contributed by atoms with van der Waals surface area (Å²) in [7, 11) is 0. The first-order valence-electron chi connectivity index (χ1n) is 7.83. The van der Waals surface area contributed by atoms with Gasteiger partial charge in [-0.15, -0.1) is 0 Å². The van der Waals surface area contributed by atoms with Crippen LogP contribution in [-0.4, -0.2) is 25.9 Å². The maximum absolute atomic E-state index is 12.3. The number of carbonyl (C=O) groups is 1. The van der Waals surface area contributed by atoms with Crippen LogP contribution < -0.4 is 5.32 Å². The van der Waals surface area contributed by atoms with E-state index in [-0.39, 0.29) is 5.91 Å². The van der Waals surface area contributed by atoms with Gasteiger partial charge in [-0.3, -0.25) is 9.89 Å². The van der Waals surface area contributed by atoms with E-state index in [0.717, 1.165) is 34.3 Å². The van der Waals surface area contributed by atoms with Crippen molar-refractivity contribution in [3.63, 3.8) is 0 Å². The molecule has 1 saturated carbocycles. The number of benzene rings is 1. The third-order valence-electron chi connectivity index (χ3n) is 4.09. The van der Waals surface area contributed by atoms with E-state index < -0.39 is 0 Å². The zero-order chi connectivity index (χ0) is 16.5. The zero-order valence-electron chi connectivity index (χ0n) is 12.9. The lowest BCUT2D eigenvalue weighted by Gasteiger charge is -2.06. The molecule has 2 heterocycles. The van der Waals surface area contributed by atoms with Crippen molar-refractivity contribution in [3.05, 3.63) is 64.1 Å². The highest BCUT2D eigenvalue weighted by atomic mass is 79.9. The second-order valence-corrected chi connectivity index (χ2v) is 6.67. The summed E-state index contributed by atoms with van der Waals surface area (Å²) in [4.78, 5) is 12.3. The van der Waals surface area contributed by atoms with Crippen LogP contribution in [0.2, 0.25) is 0 Å². The molecule has 0 unspecified atom stereocenters. The highest BCUT2D eigenvalue weighted by molar-refractivity contribution is 9.10. The highest BCUT2D eigenvalue weighted by Crippen LogP contribution is 2.42. The molecule has 1 aliphatic rings. The molecule has 0 aliphatic heterocycles. The van der Waals surface area contributed by atoms with Crippen LogP contribution in [0.4, 0.5) is 0 Å². The van der Waals surface area contributed by atoms with Gasteiger partial charge in [-0.05, 0) is 52.5 Å². The van der Waals surface area contributed by atoms with Crippen LogP contribution >= 0.6 is 15.9 Å². The number of carbonyl (C=O) groups excluding carboxylic acids is 1. The van der Waals surface area contributed by atoms with E-state index in [1.165, 1.54) is 0 Å². The Morgan fingerprint density at radius 3 is 2.79 bits per heavy atom. The molecule has 2 aromatic heterocycles. The molecule has 6 nitrogen and oxygen atoms in total. The van der Waals surface area contributed by atoms with Crippen LogP contribution in [-0.2, 0) is 6.54 Å². The van der Waals surface area contributed by atoms with E-state index >= 15 is 0 Å². The van der Waals surface area contributed by atoms with Gasteiger partial charge in [0.1, 0.15) is 0 Å². The highest BCUT2D eigenvalue weighted by Gasteiger charge is 2.30. The summed E-state index contributed by atoms with van der Waals surface area (Å²) in [6.07, 6.45) is 5.95. The molecule has 7 heteroatoms. The van der Waals surface area contributed by atoms with Crippen LogP contribution in [0.25, 0.3) is 5.69 Å². The fraction of sp³-hybridized carbons (Fsp3) is 0.235. The lowest BCUT2D eigenvalue weighted by molar-refractivity contribution is 0.0945. The molecular formula is C17H16BrN5O. The number of nitrogens with one attached hydrogen (secondary N) is 2. The molecular weight excluding hydrogens is 370 g/mol. The van der Waals surface area contributed by atoms with Crippen molar-refractivity contribution in [1.29, 1.82) is 0 Å².